The molecule has 0 fully saturated rings. The van der Waals surface area contributed by atoms with Gasteiger partial charge in [0.1, 0.15) is 17.3 Å². The van der Waals surface area contributed by atoms with Crippen LogP contribution in [0.25, 0.3) is 11.1 Å². The monoisotopic (exact) mass is 468 g/mol. The lowest BCUT2D eigenvalue weighted by molar-refractivity contribution is -0.144. The molecule has 0 aliphatic heterocycles. The number of hydrogen-bond donors (Lipinski definition) is 2. The molecule has 0 unspecified atom stereocenters. The van der Waals surface area contributed by atoms with Crippen LogP contribution in [0.1, 0.15) is 18.1 Å². The summed E-state index contributed by atoms with van der Waals surface area (Å²) in [5.41, 5.74) is 2.45. The Morgan fingerprint density at radius 1 is 1.03 bits per heavy atom. The molecule has 1 atom stereocenters. The molecule has 0 radical (unpaired) electrons. The van der Waals surface area contributed by atoms with Crippen LogP contribution >= 0.6 is 34.8 Å². The number of benzene rings is 3. The van der Waals surface area contributed by atoms with Crippen molar-refractivity contribution in [3.8, 4) is 22.6 Å². The third kappa shape index (κ3) is 4.98. The number of carboxylic acids is 1. The van der Waals surface area contributed by atoms with Gasteiger partial charge in [0.25, 0.3) is 0 Å². The van der Waals surface area contributed by atoms with Crippen molar-refractivity contribution < 1.29 is 24.1 Å². The third-order valence-electron chi connectivity index (χ3n) is 4.45. The normalized spacial score (nSPS) is 11.9. The molecular weight excluding hydrogens is 454 g/mol. The molecule has 0 heterocycles. The number of phenolic OH excluding ortho intramolecular Hbond substituents is 1. The average Bonchev–Trinajstić information content (AvgIpc) is 2.68. The molecule has 0 aliphatic rings. The van der Waals surface area contributed by atoms with E-state index in [4.69, 9.17) is 44.6 Å². The summed E-state index contributed by atoms with van der Waals surface area (Å²) >= 11 is 18.6. The van der Waals surface area contributed by atoms with Crippen molar-refractivity contribution in [2.45, 2.75) is 19.4 Å². The minimum absolute atomic E-state index is 0.0185. The number of carbonyl (C=O) groups is 1. The maximum Gasteiger partial charge on any atom is 0.344 e. The predicted molar refractivity (Wildman–Crippen MR) is 116 cm³/mol. The van der Waals surface area contributed by atoms with Crippen LogP contribution in [0.5, 0.6) is 11.5 Å². The van der Waals surface area contributed by atoms with Crippen LogP contribution in [0.4, 0.5) is 4.39 Å². The van der Waals surface area contributed by atoms with Gasteiger partial charge in [0.15, 0.2) is 6.10 Å². The number of ether oxygens (including phenoxy) is 1. The molecule has 3 rings (SSSR count). The molecule has 4 nitrogen and oxygen atoms in total. The highest BCUT2D eigenvalue weighted by molar-refractivity contribution is 6.36. The smallest absolute Gasteiger partial charge is 0.344 e. The van der Waals surface area contributed by atoms with Crippen LogP contribution in [-0.4, -0.2) is 22.3 Å². The van der Waals surface area contributed by atoms with Gasteiger partial charge >= 0.3 is 5.97 Å². The van der Waals surface area contributed by atoms with E-state index in [1.54, 1.807) is 12.1 Å². The topological polar surface area (TPSA) is 66.8 Å². The quantitative estimate of drug-likeness (QED) is 0.427. The largest absolute Gasteiger partial charge is 0.507 e. The van der Waals surface area contributed by atoms with Crippen molar-refractivity contribution in [1.29, 1.82) is 0 Å². The molecule has 30 heavy (non-hydrogen) atoms. The molecule has 3 aromatic rings. The Morgan fingerprint density at radius 2 is 1.70 bits per heavy atom. The van der Waals surface area contributed by atoms with Crippen molar-refractivity contribution in [2.24, 2.45) is 0 Å². The van der Waals surface area contributed by atoms with Crippen molar-refractivity contribution in [3.05, 3.63) is 80.5 Å². The highest BCUT2D eigenvalue weighted by atomic mass is 35.5. The second-order valence-corrected chi connectivity index (χ2v) is 7.84. The van der Waals surface area contributed by atoms with Gasteiger partial charge in [0.05, 0.1) is 5.02 Å². The zero-order valence-electron chi connectivity index (χ0n) is 15.6. The molecular formula is C22H16Cl3FO4. The Kier molecular flexibility index (Phi) is 6.76. The van der Waals surface area contributed by atoms with E-state index in [1.807, 2.05) is 0 Å². The highest BCUT2D eigenvalue weighted by Crippen LogP contribution is 2.36. The highest BCUT2D eigenvalue weighted by Gasteiger charge is 2.16. The second kappa shape index (κ2) is 9.13. The van der Waals surface area contributed by atoms with Crippen LogP contribution in [0.3, 0.4) is 0 Å². The van der Waals surface area contributed by atoms with E-state index in [-0.39, 0.29) is 16.5 Å². The Balaban J connectivity index is 1.91. The van der Waals surface area contributed by atoms with Gasteiger partial charge in [-0.2, -0.15) is 0 Å². The Morgan fingerprint density at radius 3 is 2.30 bits per heavy atom. The lowest BCUT2D eigenvalue weighted by Gasteiger charge is -2.14. The third-order valence-corrected chi connectivity index (χ3v) is 5.41. The Labute approximate surface area is 187 Å². The van der Waals surface area contributed by atoms with Gasteiger partial charge in [-0.1, -0.05) is 46.9 Å². The van der Waals surface area contributed by atoms with Crippen molar-refractivity contribution in [1.82, 2.24) is 0 Å². The molecule has 156 valence electrons. The molecule has 8 heteroatoms. The van der Waals surface area contributed by atoms with Gasteiger partial charge in [-0.15, -0.1) is 0 Å². The fraction of sp³-hybridized carbons (Fsp3) is 0.136. The molecule has 0 aliphatic carbocycles. The number of aromatic hydroxyl groups is 1. The van der Waals surface area contributed by atoms with Crippen LogP contribution in [-0.2, 0) is 11.2 Å². The van der Waals surface area contributed by atoms with E-state index in [1.165, 1.54) is 43.3 Å². The predicted octanol–water partition coefficient (Wildman–Crippen LogP) is 6.60. The summed E-state index contributed by atoms with van der Waals surface area (Å²) in [6, 6.07) is 12.2. The van der Waals surface area contributed by atoms with Crippen molar-refractivity contribution >= 4 is 40.8 Å². The lowest BCUT2D eigenvalue weighted by Crippen LogP contribution is -2.22. The number of carboxylic acid groups (broad SMARTS) is 1. The number of rotatable bonds is 6. The van der Waals surface area contributed by atoms with Gasteiger partial charge in [0.2, 0.25) is 0 Å². The fourth-order valence-electron chi connectivity index (χ4n) is 2.86. The maximum atomic E-state index is 13.5. The van der Waals surface area contributed by atoms with Gasteiger partial charge in [-0.25, -0.2) is 9.18 Å². The molecule has 0 amide bonds. The minimum atomic E-state index is -1.11. The summed E-state index contributed by atoms with van der Waals surface area (Å²) in [6.07, 6.45) is -0.709. The first-order chi connectivity index (χ1) is 14.2. The van der Waals surface area contributed by atoms with E-state index in [9.17, 15) is 14.3 Å². The van der Waals surface area contributed by atoms with Crippen molar-refractivity contribution in [2.75, 3.05) is 0 Å². The molecule has 3 aromatic carbocycles. The molecule has 0 saturated carbocycles. The average molecular weight is 470 g/mol. The van der Waals surface area contributed by atoms with Gasteiger partial charge in [-0.05, 0) is 60.0 Å². The summed E-state index contributed by atoms with van der Waals surface area (Å²) in [7, 11) is 0. The van der Waals surface area contributed by atoms with E-state index in [0.29, 0.717) is 33.2 Å². The molecule has 0 saturated heterocycles. The Bertz CT molecular complexity index is 1090. The van der Waals surface area contributed by atoms with E-state index < -0.39 is 17.9 Å². The SMILES string of the molecule is C[C@H](Oc1cc(Cl)c(Cc2ccc(O)c(-c3ccc(F)c(Cl)c3)c2)c(Cl)c1)C(=O)O. The second-order valence-electron chi connectivity index (χ2n) is 6.62. The summed E-state index contributed by atoms with van der Waals surface area (Å²) in [4.78, 5) is 11.0. The summed E-state index contributed by atoms with van der Waals surface area (Å²) in [6.45, 7) is 1.40. The molecule has 0 spiro atoms. The summed E-state index contributed by atoms with van der Waals surface area (Å²) in [5, 5.41) is 19.8. The van der Waals surface area contributed by atoms with Gasteiger partial charge < -0.3 is 14.9 Å². The van der Waals surface area contributed by atoms with Crippen LogP contribution < -0.4 is 4.74 Å². The first kappa shape index (κ1) is 22.2. The van der Waals surface area contributed by atoms with Crippen LogP contribution in [0.2, 0.25) is 15.1 Å². The number of phenols is 1. The number of aliphatic carboxylic acids is 1. The maximum absolute atomic E-state index is 13.5. The lowest BCUT2D eigenvalue weighted by atomic mass is 9.98. The van der Waals surface area contributed by atoms with Crippen LogP contribution in [0.15, 0.2) is 48.5 Å². The number of halogens is 4. The minimum Gasteiger partial charge on any atom is -0.507 e. The zero-order valence-corrected chi connectivity index (χ0v) is 17.9. The van der Waals surface area contributed by atoms with Gasteiger partial charge in [-0.3, -0.25) is 0 Å². The summed E-state index contributed by atoms with van der Waals surface area (Å²) < 4.78 is 18.8. The van der Waals surface area contributed by atoms with Gasteiger partial charge in [0, 0.05) is 22.0 Å². The van der Waals surface area contributed by atoms with Crippen molar-refractivity contribution in [3.63, 3.8) is 0 Å². The number of hydrogen-bond acceptors (Lipinski definition) is 3. The van der Waals surface area contributed by atoms with E-state index in [2.05, 4.69) is 0 Å². The zero-order chi connectivity index (χ0) is 22.0. The van der Waals surface area contributed by atoms with E-state index >= 15 is 0 Å². The van der Waals surface area contributed by atoms with E-state index in [0.717, 1.165) is 5.56 Å². The Hall–Kier alpha value is -2.47. The molecule has 2 N–H and O–H groups in total. The molecule has 0 aromatic heterocycles. The fourth-order valence-corrected chi connectivity index (χ4v) is 3.64. The first-order valence-electron chi connectivity index (χ1n) is 8.80. The standard InChI is InChI=1S/C22H16Cl3FO4/c1-11(22(28)29)30-14-9-17(23)16(18(24)10-14)7-12-2-5-21(27)15(6-12)13-3-4-20(26)19(25)8-13/h2-6,8-11,27H,7H2,1H3,(H,28,29)/t11-/m0/s1. The summed E-state index contributed by atoms with van der Waals surface area (Å²) in [5.74, 6) is -1.39. The molecule has 0 bridgehead atoms. The van der Waals surface area contributed by atoms with Crippen LogP contribution in [0, 0.1) is 5.82 Å². The first-order valence-corrected chi connectivity index (χ1v) is 9.93.